The predicted molar refractivity (Wildman–Crippen MR) is 88.3 cm³/mol. The molecular formula is C17H23BrN2O. The van der Waals surface area contributed by atoms with Gasteiger partial charge in [-0.15, -0.1) is 0 Å². The molecule has 2 aliphatic rings. The van der Waals surface area contributed by atoms with Gasteiger partial charge in [0.05, 0.1) is 6.42 Å². The number of carbonyl (C=O) groups is 1. The zero-order chi connectivity index (χ0) is 14.7. The lowest BCUT2D eigenvalue weighted by Crippen LogP contribution is -2.51. The minimum Gasteiger partial charge on any atom is -0.340 e. The van der Waals surface area contributed by atoms with E-state index in [0.717, 1.165) is 42.3 Å². The number of carbonyl (C=O) groups excluding carboxylic acids is 1. The molecule has 3 nitrogen and oxygen atoms in total. The van der Waals surface area contributed by atoms with Crippen molar-refractivity contribution in [2.24, 2.45) is 0 Å². The summed E-state index contributed by atoms with van der Waals surface area (Å²) < 4.78 is 1.04. The second kappa shape index (κ2) is 6.93. The Labute approximate surface area is 135 Å². The number of halogens is 1. The lowest BCUT2D eigenvalue weighted by Gasteiger charge is -2.38. The number of nitrogens with zero attached hydrogens (tertiary/aromatic N) is 2. The average molecular weight is 351 g/mol. The third-order valence-corrected chi connectivity index (χ3v) is 5.25. The highest BCUT2D eigenvalue weighted by Crippen LogP contribution is 2.24. The van der Waals surface area contributed by atoms with E-state index < -0.39 is 0 Å². The molecule has 1 aliphatic carbocycles. The first-order valence-electron chi connectivity index (χ1n) is 7.98. The SMILES string of the molecule is O=C(Cc1cccc(Br)c1)N1CCN(C2CCCC2)CC1. The third kappa shape index (κ3) is 3.86. The van der Waals surface area contributed by atoms with Crippen LogP contribution in [-0.2, 0) is 11.2 Å². The first-order chi connectivity index (χ1) is 10.2. The Morgan fingerprint density at radius 1 is 1.14 bits per heavy atom. The number of benzene rings is 1. The van der Waals surface area contributed by atoms with E-state index in [-0.39, 0.29) is 5.91 Å². The maximum atomic E-state index is 12.4. The maximum absolute atomic E-state index is 12.4. The van der Waals surface area contributed by atoms with Crippen molar-refractivity contribution in [3.8, 4) is 0 Å². The van der Waals surface area contributed by atoms with E-state index in [0.29, 0.717) is 6.42 Å². The molecule has 1 heterocycles. The second-order valence-corrected chi connectivity index (χ2v) is 7.08. The van der Waals surface area contributed by atoms with Crippen LogP contribution in [0.1, 0.15) is 31.2 Å². The molecule has 1 saturated heterocycles. The molecule has 0 radical (unpaired) electrons. The van der Waals surface area contributed by atoms with Crippen molar-refractivity contribution in [3.63, 3.8) is 0 Å². The smallest absolute Gasteiger partial charge is 0.227 e. The summed E-state index contributed by atoms with van der Waals surface area (Å²) >= 11 is 3.46. The molecule has 1 aliphatic heterocycles. The van der Waals surface area contributed by atoms with Gasteiger partial charge in [0, 0.05) is 36.7 Å². The monoisotopic (exact) mass is 350 g/mol. The van der Waals surface area contributed by atoms with Crippen molar-refractivity contribution in [1.29, 1.82) is 0 Å². The van der Waals surface area contributed by atoms with Gasteiger partial charge in [-0.05, 0) is 30.5 Å². The van der Waals surface area contributed by atoms with E-state index in [1.807, 2.05) is 29.2 Å². The van der Waals surface area contributed by atoms with Crippen LogP contribution < -0.4 is 0 Å². The average Bonchev–Trinajstić information content (AvgIpc) is 3.01. The fraction of sp³-hybridized carbons (Fsp3) is 0.588. The van der Waals surface area contributed by atoms with Gasteiger partial charge in [0.1, 0.15) is 0 Å². The van der Waals surface area contributed by atoms with E-state index in [9.17, 15) is 4.79 Å². The molecule has 1 aromatic rings. The number of hydrogen-bond donors (Lipinski definition) is 0. The largest absolute Gasteiger partial charge is 0.340 e. The molecule has 1 amide bonds. The minimum atomic E-state index is 0.263. The molecule has 0 N–H and O–H groups in total. The molecule has 21 heavy (non-hydrogen) atoms. The van der Waals surface area contributed by atoms with Crippen LogP contribution in [0, 0.1) is 0 Å². The Bertz CT molecular complexity index is 491. The summed E-state index contributed by atoms with van der Waals surface area (Å²) in [6.45, 7) is 3.89. The van der Waals surface area contributed by atoms with E-state index in [1.165, 1.54) is 25.7 Å². The maximum Gasteiger partial charge on any atom is 0.227 e. The summed E-state index contributed by atoms with van der Waals surface area (Å²) in [5.74, 6) is 0.263. The van der Waals surface area contributed by atoms with E-state index in [4.69, 9.17) is 0 Å². The summed E-state index contributed by atoms with van der Waals surface area (Å²) in [6.07, 6.45) is 5.99. The Balaban J connectivity index is 1.50. The number of piperazine rings is 1. The molecule has 0 spiro atoms. The summed E-state index contributed by atoms with van der Waals surface area (Å²) in [4.78, 5) is 17.0. The number of hydrogen-bond acceptors (Lipinski definition) is 2. The zero-order valence-corrected chi connectivity index (χ0v) is 14.0. The lowest BCUT2D eigenvalue weighted by molar-refractivity contribution is -0.132. The molecule has 0 bridgehead atoms. The van der Waals surface area contributed by atoms with E-state index in [2.05, 4.69) is 20.8 Å². The van der Waals surface area contributed by atoms with Crippen molar-refractivity contribution >= 4 is 21.8 Å². The highest BCUT2D eigenvalue weighted by molar-refractivity contribution is 9.10. The summed E-state index contributed by atoms with van der Waals surface area (Å²) in [6, 6.07) is 8.83. The normalized spacial score (nSPS) is 20.9. The second-order valence-electron chi connectivity index (χ2n) is 6.16. The molecule has 1 saturated carbocycles. The topological polar surface area (TPSA) is 23.6 Å². The Hall–Kier alpha value is -0.870. The van der Waals surface area contributed by atoms with Gasteiger partial charge in [-0.1, -0.05) is 40.9 Å². The fourth-order valence-corrected chi connectivity index (χ4v) is 3.99. The van der Waals surface area contributed by atoms with Crippen LogP contribution in [0.5, 0.6) is 0 Å². The molecule has 114 valence electrons. The molecule has 0 aromatic heterocycles. The van der Waals surface area contributed by atoms with Gasteiger partial charge >= 0.3 is 0 Å². The highest BCUT2D eigenvalue weighted by atomic mass is 79.9. The summed E-state index contributed by atoms with van der Waals surface area (Å²) in [7, 11) is 0. The van der Waals surface area contributed by atoms with Crippen LogP contribution in [0.15, 0.2) is 28.7 Å². The van der Waals surface area contributed by atoms with E-state index in [1.54, 1.807) is 0 Å². The van der Waals surface area contributed by atoms with Gasteiger partial charge < -0.3 is 4.90 Å². The van der Waals surface area contributed by atoms with Crippen molar-refractivity contribution in [2.45, 2.75) is 38.1 Å². The number of rotatable bonds is 3. The number of amides is 1. The lowest BCUT2D eigenvalue weighted by atomic mass is 10.1. The van der Waals surface area contributed by atoms with Crippen molar-refractivity contribution in [3.05, 3.63) is 34.3 Å². The van der Waals surface area contributed by atoms with Crippen LogP contribution in [0.3, 0.4) is 0 Å². The quantitative estimate of drug-likeness (QED) is 0.836. The van der Waals surface area contributed by atoms with Crippen LogP contribution in [0.4, 0.5) is 0 Å². The van der Waals surface area contributed by atoms with Gasteiger partial charge in [-0.3, -0.25) is 9.69 Å². The van der Waals surface area contributed by atoms with Crippen LogP contribution in [0.2, 0.25) is 0 Å². The predicted octanol–water partition coefficient (Wildman–Crippen LogP) is 3.08. The van der Waals surface area contributed by atoms with Gasteiger partial charge in [-0.2, -0.15) is 0 Å². The highest BCUT2D eigenvalue weighted by Gasteiger charge is 2.27. The van der Waals surface area contributed by atoms with Gasteiger partial charge in [0.15, 0.2) is 0 Å². The van der Waals surface area contributed by atoms with Gasteiger partial charge in [0.25, 0.3) is 0 Å². The van der Waals surface area contributed by atoms with Crippen molar-refractivity contribution in [1.82, 2.24) is 9.80 Å². The Kier molecular flexibility index (Phi) is 4.96. The van der Waals surface area contributed by atoms with Crippen molar-refractivity contribution in [2.75, 3.05) is 26.2 Å². The Morgan fingerprint density at radius 3 is 2.52 bits per heavy atom. The van der Waals surface area contributed by atoms with Crippen molar-refractivity contribution < 1.29 is 4.79 Å². The molecule has 1 aromatic carbocycles. The van der Waals surface area contributed by atoms with Crippen LogP contribution in [-0.4, -0.2) is 47.9 Å². The first-order valence-corrected chi connectivity index (χ1v) is 8.78. The molecule has 4 heteroatoms. The molecule has 0 atom stereocenters. The fourth-order valence-electron chi connectivity index (χ4n) is 3.54. The van der Waals surface area contributed by atoms with Crippen LogP contribution >= 0.6 is 15.9 Å². The van der Waals surface area contributed by atoms with Gasteiger partial charge in [-0.25, -0.2) is 0 Å². The zero-order valence-electron chi connectivity index (χ0n) is 12.4. The minimum absolute atomic E-state index is 0.263. The Morgan fingerprint density at radius 2 is 1.86 bits per heavy atom. The van der Waals surface area contributed by atoms with Gasteiger partial charge in [0.2, 0.25) is 5.91 Å². The molecule has 0 unspecified atom stereocenters. The molecular weight excluding hydrogens is 328 g/mol. The first kappa shape index (κ1) is 15.0. The third-order valence-electron chi connectivity index (χ3n) is 4.75. The molecule has 2 fully saturated rings. The summed E-state index contributed by atoms with van der Waals surface area (Å²) in [5.41, 5.74) is 1.09. The van der Waals surface area contributed by atoms with E-state index >= 15 is 0 Å². The molecule has 3 rings (SSSR count). The standard InChI is InChI=1S/C17H23BrN2O/c18-15-5-3-4-14(12-15)13-17(21)20-10-8-19(9-11-20)16-6-1-2-7-16/h3-5,12,16H,1-2,6-11,13H2. The van der Waals surface area contributed by atoms with Crippen LogP contribution in [0.25, 0.3) is 0 Å². The summed E-state index contributed by atoms with van der Waals surface area (Å²) in [5, 5.41) is 0.